The molecule has 0 spiro atoms. The molecule has 1 fully saturated rings. The summed E-state index contributed by atoms with van der Waals surface area (Å²) in [7, 11) is 0. The molecule has 1 amide bonds. The number of carboxylic acid groups (broad SMARTS) is 1. The number of aliphatic carboxylic acids is 1. The second-order valence-corrected chi connectivity index (χ2v) is 6.94. The summed E-state index contributed by atoms with van der Waals surface area (Å²) in [6.45, 7) is 7.47. The molecule has 2 atom stereocenters. The minimum Gasteiger partial charge on any atom is -0.480 e. The Bertz CT molecular complexity index is 369. The Hall–Kier alpha value is -1.10. The summed E-state index contributed by atoms with van der Waals surface area (Å²) in [5, 5.41) is 9.37. The number of hydrogen-bond acceptors (Lipinski definition) is 3. The van der Waals surface area contributed by atoms with Gasteiger partial charge in [-0.25, -0.2) is 4.79 Å². The summed E-state index contributed by atoms with van der Waals surface area (Å²) in [6.07, 6.45) is 4.52. The van der Waals surface area contributed by atoms with E-state index in [1.54, 1.807) is 4.90 Å². The normalized spacial score (nSPS) is 23.1. The quantitative estimate of drug-likeness (QED) is 0.755. The molecule has 0 aliphatic carbocycles. The first-order valence-corrected chi connectivity index (χ1v) is 8.03. The van der Waals surface area contributed by atoms with E-state index >= 15 is 0 Å². The van der Waals surface area contributed by atoms with Crippen LogP contribution in [-0.4, -0.2) is 41.0 Å². The minimum atomic E-state index is -0.872. The van der Waals surface area contributed by atoms with Gasteiger partial charge in [0.2, 0.25) is 5.91 Å². The largest absolute Gasteiger partial charge is 0.480 e. The van der Waals surface area contributed by atoms with Crippen molar-refractivity contribution >= 4 is 11.9 Å². The van der Waals surface area contributed by atoms with Crippen molar-refractivity contribution in [2.24, 2.45) is 17.1 Å². The number of nitrogens with two attached hydrogens (primary N) is 1. The molecule has 2 unspecified atom stereocenters. The highest BCUT2D eigenvalue weighted by Gasteiger charge is 2.35. The predicted molar refractivity (Wildman–Crippen MR) is 82.8 cm³/mol. The molecular formula is C16H30N2O3. The monoisotopic (exact) mass is 298 g/mol. The van der Waals surface area contributed by atoms with E-state index in [9.17, 15) is 14.7 Å². The van der Waals surface area contributed by atoms with Crippen molar-refractivity contribution in [3.05, 3.63) is 0 Å². The van der Waals surface area contributed by atoms with Crippen LogP contribution in [0.5, 0.6) is 0 Å². The molecule has 0 aromatic heterocycles. The molecule has 1 aliphatic heterocycles. The van der Waals surface area contributed by atoms with E-state index < -0.39 is 12.0 Å². The van der Waals surface area contributed by atoms with Crippen LogP contribution in [-0.2, 0) is 9.59 Å². The smallest absolute Gasteiger partial charge is 0.326 e. The van der Waals surface area contributed by atoms with Crippen LogP contribution in [0.2, 0.25) is 0 Å². The summed E-state index contributed by atoms with van der Waals surface area (Å²) < 4.78 is 0. The second kappa shape index (κ2) is 7.78. The zero-order valence-electron chi connectivity index (χ0n) is 13.6. The number of nitrogens with zero attached hydrogens (tertiary/aromatic N) is 1. The summed E-state index contributed by atoms with van der Waals surface area (Å²) in [4.78, 5) is 25.4. The highest BCUT2D eigenvalue weighted by molar-refractivity contribution is 5.83. The molecule has 3 N–H and O–H groups in total. The Morgan fingerprint density at radius 2 is 2.00 bits per heavy atom. The Morgan fingerprint density at radius 3 is 2.52 bits per heavy atom. The van der Waals surface area contributed by atoms with Gasteiger partial charge in [0.15, 0.2) is 0 Å². The van der Waals surface area contributed by atoms with Crippen molar-refractivity contribution in [1.29, 1.82) is 0 Å². The molecule has 0 radical (unpaired) electrons. The van der Waals surface area contributed by atoms with E-state index in [0.717, 1.165) is 25.7 Å². The summed E-state index contributed by atoms with van der Waals surface area (Å²) in [5.41, 5.74) is 5.62. The van der Waals surface area contributed by atoms with Gasteiger partial charge in [-0.05, 0) is 43.6 Å². The summed E-state index contributed by atoms with van der Waals surface area (Å²) in [5.74, 6) is -0.478. The Kier molecular flexibility index (Phi) is 6.65. The van der Waals surface area contributed by atoms with Crippen LogP contribution in [0, 0.1) is 11.3 Å². The lowest BCUT2D eigenvalue weighted by molar-refractivity contribution is -0.153. The average molecular weight is 298 g/mol. The molecule has 1 saturated heterocycles. The number of rotatable bonds is 7. The van der Waals surface area contributed by atoms with Gasteiger partial charge in [0.1, 0.15) is 6.04 Å². The molecule has 122 valence electrons. The molecule has 1 rings (SSSR count). The fourth-order valence-electron chi connectivity index (χ4n) is 3.05. The molecule has 1 aliphatic rings. The van der Waals surface area contributed by atoms with Gasteiger partial charge in [-0.1, -0.05) is 27.2 Å². The van der Waals surface area contributed by atoms with Crippen molar-refractivity contribution in [3.63, 3.8) is 0 Å². The van der Waals surface area contributed by atoms with Crippen LogP contribution in [0.4, 0.5) is 0 Å². The molecule has 0 aromatic carbocycles. The molecular weight excluding hydrogens is 268 g/mol. The zero-order chi connectivity index (χ0) is 16.0. The standard InChI is InChI=1S/C16H30N2O3/c1-4-12-6-10-18(13(11-12)15(20)21)14(19)5-7-16(2,3)8-9-17/h12-13H,4-11,17H2,1-3H3,(H,20,21). The molecule has 0 aromatic rings. The molecule has 1 heterocycles. The van der Waals surface area contributed by atoms with Crippen molar-refractivity contribution in [2.45, 2.75) is 65.3 Å². The number of carbonyl (C=O) groups excluding carboxylic acids is 1. The molecule has 0 bridgehead atoms. The van der Waals surface area contributed by atoms with E-state index in [4.69, 9.17) is 5.73 Å². The maximum atomic E-state index is 12.4. The van der Waals surface area contributed by atoms with Crippen LogP contribution in [0.1, 0.15) is 59.3 Å². The van der Waals surface area contributed by atoms with Crippen molar-refractivity contribution < 1.29 is 14.7 Å². The molecule has 0 saturated carbocycles. The van der Waals surface area contributed by atoms with Gasteiger partial charge < -0.3 is 15.7 Å². The van der Waals surface area contributed by atoms with E-state index in [0.29, 0.717) is 31.8 Å². The summed E-state index contributed by atoms with van der Waals surface area (Å²) >= 11 is 0. The van der Waals surface area contributed by atoms with Crippen molar-refractivity contribution in [3.8, 4) is 0 Å². The number of likely N-dealkylation sites (tertiary alicyclic amines) is 1. The fourth-order valence-corrected chi connectivity index (χ4v) is 3.05. The Balaban J connectivity index is 2.61. The van der Waals surface area contributed by atoms with E-state index in [1.165, 1.54) is 0 Å². The fraction of sp³-hybridized carbons (Fsp3) is 0.875. The summed E-state index contributed by atoms with van der Waals surface area (Å²) in [6, 6.07) is -0.645. The highest BCUT2D eigenvalue weighted by Crippen LogP contribution is 2.29. The first kappa shape index (κ1) is 18.0. The topological polar surface area (TPSA) is 83.6 Å². The van der Waals surface area contributed by atoms with Gasteiger partial charge in [-0.2, -0.15) is 0 Å². The van der Waals surface area contributed by atoms with E-state index in [-0.39, 0.29) is 11.3 Å². The lowest BCUT2D eigenvalue weighted by Crippen LogP contribution is -2.50. The maximum absolute atomic E-state index is 12.4. The number of hydrogen-bond donors (Lipinski definition) is 2. The Labute approximate surface area is 127 Å². The average Bonchev–Trinajstić information content (AvgIpc) is 2.44. The van der Waals surface area contributed by atoms with Gasteiger partial charge in [0.25, 0.3) is 0 Å². The number of carbonyl (C=O) groups is 2. The van der Waals surface area contributed by atoms with Crippen LogP contribution in [0.3, 0.4) is 0 Å². The van der Waals surface area contributed by atoms with Crippen LogP contribution in [0.15, 0.2) is 0 Å². The lowest BCUT2D eigenvalue weighted by atomic mass is 9.83. The minimum absolute atomic E-state index is 0.0259. The van der Waals surface area contributed by atoms with E-state index in [1.807, 2.05) is 0 Å². The van der Waals surface area contributed by atoms with Gasteiger partial charge in [-0.15, -0.1) is 0 Å². The Morgan fingerprint density at radius 1 is 1.33 bits per heavy atom. The van der Waals surface area contributed by atoms with E-state index in [2.05, 4.69) is 20.8 Å². The maximum Gasteiger partial charge on any atom is 0.326 e. The number of carboxylic acids is 1. The van der Waals surface area contributed by atoms with Crippen molar-refractivity contribution in [1.82, 2.24) is 4.90 Å². The van der Waals surface area contributed by atoms with Gasteiger partial charge in [-0.3, -0.25) is 4.79 Å². The third kappa shape index (κ3) is 5.30. The van der Waals surface area contributed by atoms with Gasteiger partial charge >= 0.3 is 5.97 Å². The number of amides is 1. The first-order valence-electron chi connectivity index (χ1n) is 8.03. The predicted octanol–water partition coefficient (Wildman–Crippen LogP) is 2.24. The first-order chi connectivity index (χ1) is 9.80. The molecule has 5 nitrogen and oxygen atoms in total. The second-order valence-electron chi connectivity index (χ2n) is 6.94. The third-order valence-electron chi connectivity index (χ3n) is 4.73. The molecule has 5 heteroatoms. The SMILES string of the molecule is CCC1CCN(C(=O)CCC(C)(C)CCN)C(C(=O)O)C1. The third-order valence-corrected chi connectivity index (χ3v) is 4.73. The highest BCUT2D eigenvalue weighted by atomic mass is 16.4. The van der Waals surface area contributed by atoms with Gasteiger partial charge in [0, 0.05) is 13.0 Å². The zero-order valence-corrected chi connectivity index (χ0v) is 13.6. The van der Waals surface area contributed by atoms with Crippen LogP contribution >= 0.6 is 0 Å². The van der Waals surface area contributed by atoms with Crippen LogP contribution in [0.25, 0.3) is 0 Å². The lowest BCUT2D eigenvalue weighted by Gasteiger charge is -2.37. The van der Waals surface area contributed by atoms with Crippen molar-refractivity contribution in [2.75, 3.05) is 13.1 Å². The van der Waals surface area contributed by atoms with Crippen LogP contribution < -0.4 is 5.73 Å². The van der Waals surface area contributed by atoms with Gasteiger partial charge in [0.05, 0.1) is 0 Å². The number of piperidine rings is 1. The molecule has 21 heavy (non-hydrogen) atoms.